The van der Waals surface area contributed by atoms with E-state index >= 15 is 0 Å². The number of rotatable bonds is 5. The SMILES string of the molecule is CCCC(N)(CCC)c1cccs1. The van der Waals surface area contributed by atoms with Crippen LogP contribution in [0.25, 0.3) is 0 Å². The molecule has 0 aliphatic rings. The fourth-order valence-corrected chi connectivity index (χ4v) is 2.73. The maximum absolute atomic E-state index is 6.40. The molecule has 2 heteroatoms. The van der Waals surface area contributed by atoms with Crippen molar-refractivity contribution in [2.24, 2.45) is 5.73 Å². The minimum absolute atomic E-state index is 0.0579. The molecule has 0 radical (unpaired) electrons. The third-order valence-corrected chi connectivity index (χ3v) is 3.49. The molecule has 0 saturated heterocycles. The first kappa shape index (κ1) is 10.7. The molecule has 1 aromatic heterocycles. The Hall–Kier alpha value is -0.340. The molecule has 0 bridgehead atoms. The second-order valence-electron chi connectivity index (χ2n) is 3.63. The minimum Gasteiger partial charge on any atom is -0.321 e. The Morgan fingerprint density at radius 2 is 1.92 bits per heavy atom. The summed E-state index contributed by atoms with van der Waals surface area (Å²) in [7, 11) is 0. The van der Waals surface area contributed by atoms with Crippen molar-refractivity contribution in [2.45, 2.75) is 45.1 Å². The molecule has 0 aliphatic carbocycles. The molecule has 1 aromatic rings. The van der Waals surface area contributed by atoms with Gasteiger partial charge in [-0.05, 0) is 24.3 Å². The van der Waals surface area contributed by atoms with Gasteiger partial charge in [0.15, 0.2) is 0 Å². The van der Waals surface area contributed by atoms with Gasteiger partial charge in [0.05, 0.1) is 5.54 Å². The smallest absolute Gasteiger partial charge is 0.0503 e. The zero-order valence-corrected chi connectivity index (χ0v) is 9.36. The van der Waals surface area contributed by atoms with Gasteiger partial charge in [0, 0.05) is 4.88 Å². The first-order valence-corrected chi connectivity index (χ1v) is 5.93. The maximum atomic E-state index is 6.40. The topological polar surface area (TPSA) is 26.0 Å². The molecular weight excluding hydrogens is 178 g/mol. The van der Waals surface area contributed by atoms with E-state index in [4.69, 9.17) is 5.73 Å². The highest BCUT2D eigenvalue weighted by atomic mass is 32.1. The third kappa shape index (κ3) is 2.55. The maximum Gasteiger partial charge on any atom is 0.0503 e. The van der Waals surface area contributed by atoms with Crippen LogP contribution in [-0.2, 0) is 5.54 Å². The van der Waals surface area contributed by atoms with Gasteiger partial charge in [-0.15, -0.1) is 11.3 Å². The van der Waals surface area contributed by atoms with E-state index in [2.05, 4.69) is 31.4 Å². The van der Waals surface area contributed by atoms with Crippen LogP contribution in [0.4, 0.5) is 0 Å². The van der Waals surface area contributed by atoms with E-state index in [0.29, 0.717) is 0 Å². The number of thiophene rings is 1. The van der Waals surface area contributed by atoms with Crippen molar-refractivity contribution in [1.29, 1.82) is 0 Å². The summed E-state index contributed by atoms with van der Waals surface area (Å²) in [4.78, 5) is 1.34. The van der Waals surface area contributed by atoms with Gasteiger partial charge in [0.1, 0.15) is 0 Å². The Labute approximate surface area is 85.0 Å². The summed E-state index contributed by atoms with van der Waals surface area (Å²) in [5, 5.41) is 2.11. The predicted molar refractivity (Wildman–Crippen MR) is 60.0 cm³/mol. The van der Waals surface area contributed by atoms with E-state index in [1.807, 2.05) is 0 Å². The lowest BCUT2D eigenvalue weighted by Gasteiger charge is -2.27. The first-order chi connectivity index (χ1) is 6.23. The molecule has 0 aromatic carbocycles. The molecular formula is C11H19NS. The Kier molecular flexibility index (Phi) is 3.94. The van der Waals surface area contributed by atoms with Crippen LogP contribution < -0.4 is 5.73 Å². The van der Waals surface area contributed by atoms with Crippen molar-refractivity contribution in [1.82, 2.24) is 0 Å². The third-order valence-electron chi connectivity index (χ3n) is 2.40. The van der Waals surface area contributed by atoms with Crippen molar-refractivity contribution in [3.05, 3.63) is 22.4 Å². The quantitative estimate of drug-likeness (QED) is 0.768. The summed E-state index contributed by atoms with van der Waals surface area (Å²) in [5.74, 6) is 0. The van der Waals surface area contributed by atoms with Crippen LogP contribution in [0.15, 0.2) is 17.5 Å². The molecule has 0 saturated carbocycles. The fourth-order valence-electron chi connectivity index (χ4n) is 1.83. The Morgan fingerprint density at radius 1 is 1.31 bits per heavy atom. The summed E-state index contributed by atoms with van der Waals surface area (Å²) in [6, 6.07) is 4.25. The van der Waals surface area contributed by atoms with Gasteiger partial charge < -0.3 is 5.73 Å². The summed E-state index contributed by atoms with van der Waals surface area (Å²) >= 11 is 1.78. The first-order valence-electron chi connectivity index (χ1n) is 5.06. The van der Waals surface area contributed by atoms with Crippen LogP contribution in [0, 0.1) is 0 Å². The molecule has 0 aliphatic heterocycles. The van der Waals surface area contributed by atoms with E-state index in [9.17, 15) is 0 Å². The second kappa shape index (κ2) is 4.77. The average Bonchev–Trinajstić information content (AvgIpc) is 2.57. The molecule has 0 spiro atoms. The summed E-state index contributed by atoms with van der Waals surface area (Å²) in [6.45, 7) is 4.40. The molecule has 13 heavy (non-hydrogen) atoms. The lowest BCUT2D eigenvalue weighted by molar-refractivity contribution is 0.377. The zero-order chi connectivity index (χ0) is 9.73. The predicted octanol–water partition coefficient (Wildman–Crippen LogP) is 3.50. The van der Waals surface area contributed by atoms with Crippen molar-refractivity contribution >= 4 is 11.3 Å². The molecule has 2 N–H and O–H groups in total. The van der Waals surface area contributed by atoms with E-state index in [-0.39, 0.29) is 5.54 Å². The largest absolute Gasteiger partial charge is 0.321 e. The highest BCUT2D eigenvalue weighted by Crippen LogP contribution is 2.31. The summed E-state index contributed by atoms with van der Waals surface area (Å²) in [6.07, 6.45) is 4.52. The molecule has 1 rings (SSSR count). The molecule has 0 atom stereocenters. The average molecular weight is 197 g/mol. The van der Waals surface area contributed by atoms with E-state index in [1.165, 1.54) is 4.88 Å². The van der Waals surface area contributed by atoms with Gasteiger partial charge >= 0.3 is 0 Å². The Morgan fingerprint density at radius 3 is 2.31 bits per heavy atom. The lowest BCUT2D eigenvalue weighted by Crippen LogP contribution is -2.35. The standard InChI is InChI=1S/C11H19NS/c1-3-7-11(12,8-4-2)10-6-5-9-13-10/h5-6,9H,3-4,7-8,12H2,1-2H3. The van der Waals surface area contributed by atoms with Crippen LogP contribution in [0.1, 0.15) is 44.4 Å². The molecule has 74 valence electrons. The molecule has 0 fully saturated rings. The van der Waals surface area contributed by atoms with Crippen molar-refractivity contribution in [2.75, 3.05) is 0 Å². The van der Waals surface area contributed by atoms with Crippen LogP contribution in [0.5, 0.6) is 0 Å². The summed E-state index contributed by atoms with van der Waals surface area (Å²) in [5.41, 5.74) is 6.34. The highest BCUT2D eigenvalue weighted by Gasteiger charge is 2.25. The fraction of sp³-hybridized carbons (Fsp3) is 0.636. The number of hydrogen-bond acceptors (Lipinski definition) is 2. The minimum atomic E-state index is -0.0579. The van der Waals surface area contributed by atoms with Gasteiger partial charge in [-0.1, -0.05) is 32.8 Å². The van der Waals surface area contributed by atoms with E-state index < -0.39 is 0 Å². The monoisotopic (exact) mass is 197 g/mol. The van der Waals surface area contributed by atoms with Gasteiger partial charge in [0.25, 0.3) is 0 Å². The molecule has 1 heterocycles. The van der Waals surface area contributed by atoms with Crippen molar-refractivity contribution in [3.63, 3.8) is 0 Å². The second-order valence-corrected chi connectivity index (χ2v) is 4.58. The van der Waals surface area contributed by atoms with Gasteiger partial charge in [-0.3, -0.25) is 0 Å². The Bertz CT molecular complexity index is 222. The normalized spacial score (nSPS) is 11.9. The Balaban J connectivity index is 2.78. The van der Waals surface area contributed by atoms with Crippen LogP contribution in [-0.4, -0.2) is 0 Å². The number of hydrogen-bond donors (Lipinski definition) is 1. The van der Waals surface area contributed by atoms with E-state index in [1.54, 1.807) is 11.3 Å². The number of nitrogens with two attached hydrogens (primary N) is 1. The lowest BCUT2D eigenvalue weighted by atomic mass is 9.88. The summed E-state index contributed by atoms with van der Waals surface area (Å²) < 4.78 is 0. The van der Waals surface area contributed by atoms with Gasteiger partial charge in [-0.25, -0.2) is 0 Å². The molecule has 1 nitrogen and oxygen atoms in total. The van der Waals surface area contributed by atoms with Crippen LogP contribution in [0.2, 0.25) is 0 Å². The van der Waals surface area contributed by atoms with Crippen molar-refractivity contribution in [3.8, 4) is 0 Å². The zero-order valence-electron chi connectivity index (χ0n) is 8.55. The van der Waals surface area contributed by atoms with E-state index in [0.717, 1.165) is 25.7 Å². The highest BCUT2D eigenvalue weighted by molar-refractivity contribution is 7.10. The molecule has 0 unspecified atom stereocenters. The van der Waals surface area contributed by atoms with Crippen LogP contribution >= 0.6 is 11.3 Å². The van der Waals surface area contributed by atoms with Crippen molar-refractivity contribution < 1.29 is 0 Å². The van der Waals surface area contributed by atoms with Gasteiger partial charge in [0.2, 0.25) is 0 Å². The van der Waals surface area contributed by atoms with Gasteiger partial charge in [-0.2, -0.15) is 0 Å². The molecule has 0 amide bonds. The van der Waals surface area contributed by atoms with Crippen LogP contribution in [0.3, 0.4) is 0 Å².